The molecule has 1 aromatic carbocycles. The van der Waals surface area contributed by atoms with Crippen LogP contribution in [0.3, 0.4) is 0 Å². The van der Waals surface area contributed by atoms with Crippen molar-refractivity contribution in [3.63, 3.8) is 0 Å². The van der Waals surface area contributed by atoms with E-state index >= 15 is 0 Å². The maximum Gasteiger partial charge on any atom is 0.255 e. The number of rotatable bonds is 3. The average molecular weight is 315 g/mol. The summed E-state index contributed by atoms with van der Waals surface area (Å²) in [5, 5.41) is 3.12. The molecule has 5 heteroatoms. The maximum atomic E-state index is 13.2. The monoisotopic (exact) mass is 314 g/mol. The minimum Gasteiger partial charge on any atom is -0.338 e. The van der Waals surface area contributed by atoms with Crippen molar-refractivity contribution < 1.29 is 9.18 Å². The van der Waals surface area contributed by atoms with Gasteiger partial charge < -0.3 is 10.2 Å². The van der Waals surface area contributed by atoms with Crippen LogP contribution in [0.5, 0.6) is 0 Å². The van der Waals surface area contributed by atoms with E-state index in [1.54, 1.807) is 11.0 Å². The Bertz CT molecular complexity index is 453. The summed E-state index contributed by atoms with van der Waals surface area (Å²) in [4.78, 5) is 14.1. The van der Waals surface area contributed by atoms with Gasteiger partial charge in [-0.15, -0.1) is 0 Å². The topological polar surface area (TPSA) is 32.3 Å². The van der Waals surface area contributed by atoms with Gasteiger partial charge in [-0.3, -0.25) is 4.79 Å². The number of benzene rings is 1. The van der Waals surface area contributed by atoms with Crippen LogP contribution in [0.1, 0.15) is 16.8 Å². The maximum absolute atomic E-state index is 13.2. The highest BCUT2D eigenvalue weighted by Gasteiger charge is 2.27. The third kappa shape index (κ3) is 2.90. The molecule has 3 nitrogen and oxygen atoms in total. The molecule has 1 amide bonds. The highest BCUT2D eigenvalue weighted by Crippen LogP contribution is 2.23. The summed E-state index contributed by atoms with van der Waals surface area (Å²) >= 11 is 3.30. The summed E-state index contributed by atoms with van der Waals surface area (Å²) in [5.41, 5.74) is 0.403. The number of nitrogens with one attached hydrogen (secondary N) is 1. The van der Waals surface area contributed by atoms with Crippen molar-refractivity contribution in [2.45, 2.75) is 6.42 Å². The van der Waals surface area contributed by atoms with Crippen LogP contribution in [0.4, 0.5) is 4.39 Å². The van der Waals surface area contributed by atoms with Crippen molar-refractivity contribution in [2.24, 2.45) is 5.92 Å². The minimum absolute atomic E-state index is 0.0972. The van der Waals surface area contributed by atoms with Gasteiger partial charge in [-0.25, -0.2) is 4.39 Å². The van der Waals surface area contributed by atoms with Crippen molar-refractivity contribution in [2.75, 3.05) is 26.7 Å². The van der Waals surface area contributed by atoms with Crippen LogP contribution in [0.2, 0.25) is 0 Å². The van der Waals surface area contributed by atoms with Crippen molar-refractivity contribution in [3.8, 4) is 0 Å². The van der Waals surface area contributed by atoms with Crippen LogP contribution in [-0.4, -0.2) is 37.5 Å². The summed E-state index contributed by atoms with van der Waals surface area (Å²) in [6.45, 7) is 2.39. The number of hydrogen-bond donors (Lipinski definition) is 1. The second-order valence-corrected chi connectivity index (χ2v) is 5.44. The lowest BCUT2D eigenvalue weighted by atomic mass is 10.1. The predicted octanol–water partition coefficient (Wildman–Crippen LogP) is 2.27. The molecular formula is C13H16BrFN2O. The Hall–Kier alpha value is -0.940. The van der Waals surface area contributed by atoms with Crippen LogP contribution in [-0.2, 0) is 0 Å². The van der Waals surface area contributed by atoms with Gasteiger partial charge in [0, 0.05) is 17.6 Å². The van der Waals surface area contributed by atoms with Crippen LogP contribution in [0.15, 0.2) is 22.7 Å². The molecule has 1 N–H and O–H groups in total. The Balaban J connectivity index is 2.10. The van der Waals surface area contributed by atoms with Gasteiger partial charge in [0.2, 0.25) is 0 Å². The molecule has 0 bridgehead atoms. The van der Waals surface area contributed by atoms with Gasteiger partial charge >= 0.3 is 0 Å². The molecule has 1 atom stereocenters. The molecular weight excluding hydrogens is 299 g/mol. The normalized spacial score (nSPS) is 19.3. The smallest absolute Gasteiger partial charge is 0.255 e. The first-order chi connectivity index (χ1) is 8.61. The Kier molecular flexibility index (Phi) is 4.35. The van der Waals surface area contributed by atoms with Gasteiger partial charge in [0.1, 0.15) is 5.82 Å². The molecule has 0 saturated carbocycles. The molecule has 1 fully saturated rings. The number of carbonyl (C=O) groups excluding carboxylic acids is 1. The van der Waals surface area contributed by atoms with Crippen LogP contribution >= 0.6 is 15.9 Å². The first-order valence-corrected chi connectivity index (χ1v) is 6.80. The summed E-state index contributed by atoms with van der Waals surface area (Å²) in [6, 6.07) is 4.20. The van der Waals surface area contributed by atoms with Gasteiger partial charge in [-0.05, 0) is 60.1 Å². The summed E-state index contributed by atoms with van der Waals surface area (Å²) in [6.07, 6.45) is 1.000. The quantitative estimate of drug-likeness (QED) is 0.928. The number of carbonyl (C=O) groups is 1. The van der Waals surface area contributed by atoms with E-state index in [1.165, 1.54) is 12.1 Å². The SMILES string of the molecule is CNC[C@H]1CCN(C(=O)c2cc(F)ccc2Br)C1. The fraction of sp³-hybridized carbons (Fsp3) is 0.462. The van der Waals surface area contributed by atoms with Gasteiger partial charge in [-0.1, -0.05) is 0 Å². The number of nitrogens with zero attached hydrogens (tertiary/aromatic N) is 1. The highest BCUT2D eigenvalue weighted by molar-refractivity contribution is 9.10. The first-order valence-electron chi connectivity index (χ1n) is 6.00. The molecule has 0 unspecified atom stereocenters. The summed E-state index contributed by atoms with van der Waals surface area (Å²) in [5.74, 6) is 0.0128. The molecule has 2 rings (SSSR count). The Morgan fingerprint density at radius 3 is 3.11 bits per heavy atom. The number of hydrogen-bond acceptors (Lipinski definition) is 2. The zero-order chi connectivity index (χ0) is 13.1. The number of amides is 1. The van der Waals surface area contributed by atoms with Gasteiger partial charge in [0.15, 0.2) is 0 Å². The molecule has 0 aliphatic carbocycles. The zero-order valence-corrected chi connectivity index (χ0v) is 11.8. The first kappa shape index (κ1) is 13.5. The van der Waals surface area contributed by atoms with Crippen molar-refractivity contribution in [1.82, 2.24) is 10.2 Å². The standard InChI is InChI=1S/C13H16BrFN2O/c1-16-7-9-4-5-17(8-9)13(18)11-6-10(15)2-3-12(11)14/h2-3,6,9,16H,4-5,7-8H2,1H3/t9-/m1/s1. The third-order valence-electron chi connectivity index (χ3n) is 3.22. The molecule has 1 aliphatic heterocycles. The molecule has 1 aliphatic rings. The van der Waals surface area contributed by atoms with E-state index in [0.29, 0.717) is 16.0 Å². The van der Waals surface area contributed by atoms with Gasteiger partial charge in [0.25, 0.3) is 5.91 Å². The van der Waals surface area contributed by atoms with E-state index in [0.717, 1.165) is 26.1 Å². The molecule has 18 heavy (non-hydrogen) atoms. The average Bonchev–Trinajstić information content (AvgIpc) is 2.80. The lowest BCUT2D eigenvalue weighted by Gasteiger charge is -2.17. The largest absolute Gasteiger partial charge is 0.338 e. The number of halogens is 2. The lowest BCUT2D eigenvalue weighted by molar-refractivity contribution is 0.0786. The molecule has 98 valence electrons. The van der Waals surface area contributed by atoms with E-state index < -0.39 is 0 Å². The highest BCUT2D eigenvalue weighted by atomic mass is 79.9. The van der Waals surface area contributed by atoms with Crippen LogP contribution in [0.25, 0.3) is 0 Å². The van der Waals surface area contributed by atoms with E-state index in [1.807, 2.05) is 7.05 Å². The summed E-state index contributed by atoms with van der Waals surface area (Å²) < 4.78 is 13.8. The predicted molar refractivity (Wildman–Crippen MR) is 72.0 cm³/mol. The Morgan fingerprint density at radius 2 is 2.39 bits per heavy atom. The summed E-state index contributed by atoms with van der Waals surface area (Å²) in [7, 11) is 1.91. The third-order valence-corrected chi connectivity index (χ3v) is 3.92. The zero-order valence-electron chi connectivity index (χ0n) is 10.2. The minimum atomic E-state index is -0.382. The Labute approximate surface area is 114 Å². The molecule has 1 heterocycles. The molecule has 1 saturated heterocycles. The van der Waals surface area contributed by atoms with Crippen LogP contribution in [0, 0.1) is 11.7 Å². The van der Waals surface area contributed by atoms with E-state index in [4.69, 9.17) is 0 Å². The molecule has 1 aromatic rings. The van der Waals surface area contributed by atoms with Crippen molar-refractivity contribution in [3.05, 3.63) is 34.1 Å². The van der Waals surface area contributed by atoms with Crippen molar-refractivity contribution >= 4 is 21.8 Å². The van der Waals surface area contributed by atoms with Gasteiger partial charge in [0.05, 0.1) is 5.56 Å². The van der Waals surface area contributed by atoms with Crippen molar-refractivity contribution in [1.29, 1.82) is 0 Å². The second-order valence-electron chi connectivity index (χ2n) is 4.59. The fourth-order valence-corrected chi connectivity index (χ4v) is 2.72. The van der Waals surface area contributed by atoms with E-state index in [2.05, 4.69) is 21.2 Å². The molecule has 0 radical (unpaired) electrons. The number of likely N-dealkylation sites (tertiary alicyclic amines) is 1. The van der Waals surface area contributed by atoms with E-state index in [9.17, 15) is 9.18 Å². The van der Waals surface area contributed by atoms with E-state index in [-0.39, 0.29) is 11.7 Å². The Morgan fingerprint density at radius 1 is 1.61 bits per heavy atom. The molecule has 0 aromatic heterocycles. The second kappa shape index (κ2) is 5.80. The lowest BCUT2D eigenvalue weighted by Crippen LogP contribution is -2.30. The van der Waals surface area contributed by atoms with Crippen LogP contribution < -0.4 is 5.32 Å². The van der Waals surface area contributed by atoms with Gasteiger partial charge in [-0.2, -0.15) is 0 Å². The fourth-order valence-electron chi connectivity index (χ4n) is 2.30. The molecule has 0 spiro atoms.